The van der Waals surface area contributed by atoms with Gasteiger partial charge in [-0.3, -0.25) is 10.1 Å². The van der Waals surface area contributed by atoms with Gasteiger partial charge >= 0.3 is 6.03 Å². The fourth-order valence-corrected chi connectivity index (χ4v) is 2.69. The quantitative estimate of drug-likeness (QED) is 0.728. The first-order chi connectivity index (χ1) is 8.84. The van der Waals surface area contributed by atoms with Crippen molar-refractivity contribution in [1.82, 2.24) is 16.0 Å². The molecule has 3 N–H and O–H groups in total. The van der Waals surface area contributed by atoms with Crippen LogP contribution in [0.25, 0.3) is 0 Å². The van der Waals surface area contributed by atoms with Gasteiger partial charge in [0.15, 0.2) is 0 Å². The molecule has 5 nitrogen and oxygen atoms in total. The number of hydrogen-bond donors (Lipinski definition) is 3. The van der Waals surface area contributed by atoms with Crippen LogP contribution in [0.1, 0.15) is 53.4 Å². The van der Waals surface area contributed by atoms with E-state index in [1.54, 1.807) is 6.92 Å². The highest BCUT2D eigenvalue weighted by Gasteiger charge is 2.29. The van der Waals surface area contributed by atoms with Crippen molar-refractivity contribution in [2.24, 2.45) is 5.41 Å². The average molecular weight is 269 g/mol. The van der Waals surface area contributed by atoms with E-state index in [0.717, 1.165) is 12.8 Å². The topological polar surface area (TPSA) is 70.2 Å². The van der Waals surface area contributed by atoms with Gasteiger partial charge in [0.2, 0.25) is 5.91 Å². The van der Waals surface area contributed by atoms with E-state index in [1.165, 1.54) is 12.8 Å². The molecule has 2 unspecified atom stereocenters. The number of imide groups is 1. The third kappa shape index (κ3) is 5.59. The zero-order valence-corrected chi connectivity index (χ0v) is 12.5. The molecule has 1 saturated carbocycles. The van der Waals surface area contributed by atoms with Crippen molar-refractivity contribution in [2.75, 3.05) is 6.54 Å². The lowest BCUT2D eigenvalue weighted by atomic mass is 9.75. The molecule has 0 aromatic rings. The Labute approximate surface area is 115 Å². The zero-order valence-electron chi connectivity index (χ0n) is 12.5. The zero-order chi connectivity index (χ0) is 14.5. The first-order valence-corrected chi connectivity index (χ1v) is 7.19. The Hall–Kier alpha value is -1.10. The molecule has 0 aromatic carbocycles. The van der Waals surface area contributed by atoms with Crippen LogP contribution in [0.5, 0.6) is 0 Å². The molecular formula is C14H27N3O2. The number of carbonyl (C=O) groups excluding carboxylic acids is 2. The summed E-state index contributed by atoms with van der Waals surface area (Å²) < 4.78 is 0. The van der Waals surface area contributed by atoms with Gasteiger partial charge in [-0.15, -0.1) is 0 Å². The molecule has 110 valence electrons. The summed E-state index contributed by atoms with van der Waals surface area (Å²) >= 11 is 0. The van der Waals surface area contributed by atoms with Gasteiger partial charge in [-0.05, 0) is 38.5 Å². The largest absolute Gasteiger partial charge is 0.338 e. The smallest absolute Gasteiger partial charge is 0.321 e. The van der Waals surface area contributed by atoms with E-state index in [0.29, 0.717) is 18.0 Å². The number of rotatable bonds is 4. The summed E-state index contributed by atoms with van der Waals surface area (Å²) in [5, 5.41) is 8.22. The van der Waals surface area contributed by atoms with E-state index in [4.69, 9.17) is 0 Å². The molecule has 0 saturated heterocycles. The summed E-state index contributed by atoms with van der Waals surface area (Å²) in [5.74, 6) is -0.269. The van der Waals surface area contributed by atoms with Crippen molar-refractivity contribution < 1.29 is 9.59 Å². The highest BCUT2D eigenvalue weighted by atomic mass is 16.2. The van der Waals surface area contributed by atoms with Crippen LogP contribution in [0.4, 0.5) is 4.79 Å². The fraction of sp³-hybridized carbons (Fsp3) is 0.857. The minimum absolute atomic E-state index is 0.269. The monoisotopic (exact) mass is 269 g/mol. The number of amides is 3. The fourth-order valence-electron chi connectivity index (χ4n) is 2.69. The van der Waals surface area contributed by atoms with Crippen LogP contribution in [0.15, 0.2) is 0 Å². The summed E-state index contributed by atoms with van der Waals surface area (Å²) in [4.78, 5) is 23.1. The Morgan fingerprint density at radius 2 is 2.05 bits per heavy atom. The summed E-state index contributed by atoms with van der Waals surface area (Å²) in [7, 11) is 0. The molecular weight excluding hydrogens is 242 g/mol. The summed E-state index contributed by atoms with van der Waals surface area (Å²) in [6.45, 7) is 8.66. The van der Waals surface area contributed by atoms with E-state index in [-0.39, 0.29) is 11.9 Å². The van der Waals surface area contributed by atoms with Crippen LogP contribution in [0.2, 0.25) is 0 Å². The normalized spacial score (nSPS) is 23.5. The van der Waals surface area contributed by atoms with Crippen LogP contribution in [0.3, 0.4) is 0 Å². The number of urea groups is 1. The van der Waals surface area contributed by atoms with Crippen LogP contribution in [-0.4, -0.2) is 30.6 Å². The Morgan fingerprint density at radius 1 is 1.37 bits per heavy atom. The van der Waals surface area contributed by atoms with E-state index < -0.39 is 6.03 Å². The standard InChI is InChI=1S/C14H27N3O2/c1-5-15-13(19)17-12(18)10(2)16-11-7-6-8-14(3,4)9-11/h10-11,16H,5-9H2,1-4H3,(H2,15,17,18,19). The van der Waals surface area contributed by atoms with Gasteiger partial charge in [-0.25, -0.2) is 4.79 Å². The van der Waals surface area contributed by atoms with Crippen molar-refractivity contribution in [3.63, 3.8) is 0 Å². The van der Waals surface area contributed by atoms with E-state index >= 15 is 0 Å². The lowest BCUT2D eigenvalue weighted by Crippen LogP contribution is -2.51. The number of hydrogen-bond acceptors (Lipinski definition) is 3. The van der Waals surface area contributed by atoms with E-state index in [1.807, 2.05) is 6.92 Å². The van der Waals surface area contributed by atoms with E-state index in [2.05, 4.69) is 29.8 Å². The van der Waals surface area contributed by atoms with Gasteiger partial charge in [0.05, 0.1) is 6.04 Å². The second kappa shape index (κ2) is 6.89. The van der Waals surface area contributed by atoms with E-state index in [9.17, 15) is 9.59 Å². The molecule has 0 aliphatic heterocycles. The van der Waals surface area contributed by atoms with Crippen LogP contribution in [0, 0.1) is 5.41 Å². The molecule has 1 fully saturated rings. The first kappa shape index (κ1) is 16.0. The summed E-state index contributed by atoms with van der Waals surface area (Å²) in [5.41, 5.74) is 0.339. The predicted molar refractivity (Wildman–Crippen MR) is 75.9 cm³/mol. The second-order valence-corrected chi connectivity index (χ2v) is 6.19. The van der Waals surface area contributed by atoms with Crippen molar-refractivity contribution in [3.05, 3.63) is 0 Å². The highest BCUT2D eigenvalue weighted by molar-refractivity contribution is 5.96. The first-order valence-electron chi connectivity index (χ1n) is 7.19. The molecule has 1 aliphatic rings. The Morgan fingerprint density at radius 3 is 2.63 bits per heavy atom. The average Bonchev–Trinajstić information content (AvgIpc) is 2.27. The van der Waals surface area contributed by atoms with Crippen molar-refractivity contribution in [3.8, 4) is 0 Å². The summed E-state index contributed by atoms with van der Waals surface area (Å²) in [6, 6.07) is -0.412. The second-order valence-electron chi connectivity index (χ2n) is 6.19. The minimum atomic E-state index is -0.426. The van der Waals surface area contributed by atoms with Gasteiger partial charge in [0, 0.05) is 12.6 Å². The van der Waals surface area contributed by atoms with Gasteiger partial charge in [0.1, 0.15) is 0 Å². The molecule has 0 spiro atoms. The molecule has 1 aliphatic carbocycles. The number of carbonyl (C=O) groups is 2. The molecule has 0 aromatic heterocycles. The third-order valence-corrected chi connectivity index (χ3v) is 3.66. The van der Waals surface area contributed by atoms with Crippen LogP contribution < -0.4 is 16.0 Å². The van der Waals surface area contributed by atoms with Gasteiger partial charge in [0.25, 0.3) is 0 Å². The molecule has 0 heterocycles. The Bertz CT molecular complexity index is 329. The molecule has 2 atom stereocenters. The van der Waals surface area contributed by atoms with Crippen molar-refractivity contribution >= 4 is 11.9 Å². The molecule has 1 rings (SSSR count). The molecule has 19 heavy (non-hydrogen) atoms. The minimum Gasteiger partial charge on any atom is -0.338 e. The molecule has 3 amide bonds. The Kier molecular flexibility index (Phi) is 5.79. The summed E-state index contributed by atoms with van der Waals surface area (Å²) in [6.07, 6.45) is 4.61. The lowest BCUT2D eigenvalue weighted by molar-refractivity contribution is -0.122. The van der Waals surface area contributed by atoms with Gasteiger partial charge in [-0.1, -0.05) is 20.3 Å². The van der Waals surface area contributed by atoms with Gasteiger partial charge in [-0.2, -0.15) is 0 Å². The van der Waals surface area contributed by atoms with Gasteiger partial charge < -0.3 is 10.6 Å². The highest BCUT2D eigenvalue weighted by Crippen LogP contribution is 2.35. The lowest BCUT2D eigenvalue weighted by Gasteiger charge is -2.36. The van der Waals surface area contributed by atoms with Crippen molar-refractivity contribution in [2.45, 2.75) is 65.5 Å². The molecule has 0 radical (unpaired) electrons. The SMILES string of the molecule is CCNC(=O)NC(=O)C(C)NC1CCCC(C)(C)C1. The molecule has 5 heteroatoms. The predicted octanol–water partition coefficient (Wildman–Crippen LogP) is 1.78. The molecule has 0 bridgehead atoms. The van der Waals surface area contributed by atoms with Crippen LogP contribution in [-0.2, 0) is 4.79 Å². The maximum absolute atomic E-state index is 11.8. The Balaban J connectivity index is 2.39. The van der Waals surface area contributed by atoms with Crippen LogP contribution >= 0.6 is 0 Å². The van der Waals surface area contributed by atoms with Crippen molar-refractivity contribution in [1.29, 1.82) is 0 Å². The maximum Gasteiger partial charge on any atom is 0.321 e. The number of nitrogens with one attached hydrogen (secondary N) is 3. The maximum atomic E-state index is 11.8. The third-order valence-electron chi connectivity index (χ3n) is 3.66.